The Labute approximate surface area is 162 Å². The number of hydrogen-bond donors (Lipinski definition) is 3. The van der Waals surface area contributed by atoms with Crippen LogP contribution in [0.25, 0.3) is 11.3 Å². The van der Waals surface area contributed by atoms with Gasteiger partial charge in [-0.2, -0.15) is 5.10 Å². The lowest BCUT2D eigenvalue weighted by Crippen LogP contribution is -2.28. The van der Waals surface area contributed by atoms with Crippen molar-refractivity contribution in [3.63, 3.8) is 0 Å². The molecule has 3 rings (SSSR count). The summed E-state index contributed by atoms with van der Waals surface area (Å²) in [6, 6.07) is 8.20. The van der Waals surface area contributed by atoms with Gasteiger partial charge in [-0.1, -0.05) is 41.4 Å². The monoisotopic (exact) mass is 426 g/mol. The molecule has 25 heavy (non-hydrogen) atoms. The summed E-state index contributed by atoms with van der Waals surface area (Å²) in [6.45, 7) is 2.07. The number of carbonyl (C=O) groups is 1. The smallest absolute Gasteiger partial charge is 0.225 e. The molecule has 0 unspecified atom stereocenters. The third-order valence-electron chi connectivity index (χ3n) is 4.78. The summed E-state index contributed by atoms with van der Waals surface area (Å²) in [4.78, 5) is 12.3. The lowest BCUT2D eigenvalue weighted by Gasteiger charge is -2.14. The van der Waals surface area contributed by atoms with E-state index in [2.05, 4.69) is 38.4 Å². The van der Waals surface area contributed by atoms with Crippen LogP contribution < -0.4 is 11.1 Å². The zero-order chi connectivity index (χ0) is 17.1. The number of amides is 1. The fourth-order valence-electron chi connectivity index (χ4n) is 3.41. The quantitative estimate of drug-likeness (QED) is 0.666. The number of aromatic nitrogens is 2. The highest BCUT2D eigenvalue weighted by atomic mass is 79.9. The van der Waals surface area contributed by atoms with Crippen LogP contribution in [0.2, 0.25) is 0 Å². The second-order valence-electron chi connectivity index (χ2n) is 6.39. The maximum absolute atomic E-state index is 12.3. The summed E-state index contributed by atoms with van der Waals surface area (Å²) in [6.07, 6.45) is 4.45. The van der Waals surface area contributed by atoms with Gasteiger partial charge in [-0.05, 0) is 42.9 Å². The summed E-state index contributed by atoms with van der Waals surface area (Å²) in [7, 11) is 0. The number of aromatic amines is 1. The van der Waals surface area contributed by atoms with Crippen LogP contribution in [0.3, 0.4) is 0 Å². The Hall–Kier alpha value is -1.37. The first-order valence-corrected chi connectivity index (χ1v) is 9.26. The normalized spacial score (nSPS) is 19.5. The van der Waals surface area contributed by atoms with E-state index in [0.717, 1.165) is 47.0 Å². The van der Waals surface area contributed by atoms with Gasteiger partial charge < -0.3 is 11.1 Å². The van der Waals surface area contributed by atoms with E-state index in [1.54, 1.807) is 0 Å². The maximum Gasteiger partial charge on any atom is 0.225 e. The lowest BCUT2D eigenvalue weighted by atomic mass is 10.00. The molecule has 0 bridgehead atoms. The standard InChI is InChI=1S/C18H23BrN4O.ClH/c1-2-14-17(11-6-8-13(19)9-7-11)22-23-18(14)21-16(24)10-12-4-3-5-15(12)20;/h6-9,12,15H,2-5,10,20H2,1H3,(H2,21,22,23,24);1H/t12-,15+;/m0./s1. The van der Waals surface area contributed by atoms with E-state index in [-0.39, 0.29) is 24.4 Å². The van der Waals surface area contributed by atoms with E-state index in [1.165, 1.54) is 0 Å². The van der Waals surface area contributed by atoms with Crippen LogP contribution in [-0.4, -0.2) is 22.1 Å². The van der Waals surface area contributed by atoms with Crippen LogP contribution in [-0.2, 0) is 11.2 Å². The average molecular weight is 428 g/mol. The van der Waals surface area contributed by atoms with Crippen molar-refractivity contribution in [1.82, 2.24) is 10.2 Å². The van der Waals surface area contributed by atoms with Gasteiger partial charge >= 0.3 is 0 Å². The van der Waals surface area contributed by atoms with Crippen molar-refractivity contribution >= 4 is 40.1 Å². The summed E-state index contributed by atoms with van der Waals surface area (Å²) < 4.78 is 1.03. The number of H-pyrrole nitrogens is 1. The summed E-state index contributed by atoms with van der Waals surface area (Å²) in [5, 5.41) is 10.3. The zero-order valence-corrected chi connectivity index (χ0v) is 16.6. The number of nitrogens with two attached hydrogens (primary N) is 1. The summed E-state index contributed by atoms with van der Waals surface area (Å²) >= 11 is 3.44. The first kappa shape index (κ1) is 19.9. The molecule has 136 valence electrons. The van der Waals surface area contributed by atoms with E-state index >= 15 is 0 Å². The molecule has 1 aromatic carbocycles. The molecular weight excluding hydrogens is 404 g/mol. The van der Waals surface area contributed by atoms with Gasteiger partial charge in [0.05, 0.1) is 5.69 Å². The van der Waals surface area contributed by atoms with Crippen molar-refractivity contribution in [1.29, 1.82) is 0 Å². The average Bonchev–Trinajstić information content (AvgIpc) is 3.14. The first-order valence-electron chi connectivity index (χ1n) is 8.47. The molecule has 0 aliphatic heterocycles. The fraction of sp³-hybridized carbons (Fsp3) is 0.444. The molecule has 7 heteroatoms. The number of hydrogen-bond acceptors (Lipinski definition) is 3. The molecule has 1 aromatic heterocycles. The first-order chi connectivity index (χ1) is 11.6. The van der Waals surface area contributed by atoms with Gasteiger partial charge in [0, 0.05) is 22.5 Å². The minimum Gasteiger partial charge on any atom is -0.327 e. The van der Waals surface area contributed by atoms with Gasteiger partial charge in [0.15, 0.2) is 5.82 Å². The molecule has 1 aliphatic rings. The largest absolute Gasteiger partial charge is 0.327 e. The highest BCUT2D eigenvalue weighted by molar-refractivity contribution is 9.10. The minimum absolute atomic E-state index is 0. The molecule has 1 heterocycles. The summed E-state index contributed by atoms with van der Waals surface area (Å²) in [5.41, 5.74) is 9.11. The van der Waals surface area contributed by atoms with Gasteiger partial charge in [0.2, 0.25) is 5.91 Å². The number of benzene rings is 1. The van der Waals surface area contributed by atoms with Gasteiger partial charge in [0.1, 0.15) is 0 Å². The second kappa shape index (κ2) is 8.83. The molecule has 2 aromatic rings. The Kier molecular flexibility index (Phi) is 7.04. The molecule has 0 radical (unpaired) electrons. The molecule has 4 N–H and O–H groups in total. The Morgan fingerprint density at radius 1 is 1.36 bits per heavy atom. The highest BCUT2D eigenvalue weighted by Crippen LogP contribution is 2.30. The van der Waals surface area contributed by atoms with Crippen molar-refractivity contribution in [2.45, 2.75) is 45.1 Å². The van der Waals surface area contributed by atoms with E-state index < -0.39 is 0 Å². The Morgan fingerprint density at radius 3 is 2.68 bits per heavy atom. The Balaban J connectivity index is 0.00000225. The van der Waals surface area contributed by atoms with Crippen LogP contribution in [0.1, 0.15) is 38.2 Å². The number of nitrogens with one attached hydrogen (secondary N) is 2. The van der Waals surface area contributed by atoms with Crippen molar-refractivity contribution in [2.24, 2.45) is 11.7 Å². The van der Waals surface area contributed by atoms with Crippen LogP contribution >= 0.6 is 28.3 Å². The molecule has 0 spiro atoms. The number of halogens is 2. The molecule has 1 saturated carbocycles. The van der Waals surface area contributed by atoms with Gasteiger partial charge in [-0.15, -0.1) is 12.4 Å². The second-order valence-corrected chi connectivity index (χ2v) is 7.31. The van der Waals surface area contributed by atoms with Crippen molar-refractivity contribution in [3.8, 4) is 11.3 Å². The van der Waals surface area contributed by atoms with E-state index in [1.807, 2.05) is 24.3 Å². The molecule has 5 nitrogen and oxygen atoms in total. The number of rotatable bonds is 5. The minimum atomic E-state index is 0. The Morgan fingerprint density at radius 2 is 2.08 bits per heavy atom. The lowest BCUT2D eigenvalue weighted by molar-refractivity contribution is -0.117. The fourth-order valence-corrected chi connectivity index (χ4v) is 3.67. The van der Waals surface area contributed by atoms with E-state index in [9.17, 15) is 4.79 Å². The van der Waals surface area contributed by atoms with Crippen LogP contribution in [0.4, 0.5) is 5.82 Å². The molecule has 1 amide bonds. The van der Waals surface area contributed by atoms with Gasteiger partial charge in [-0.25, -0.2) is 0 Å². The van der Waals surface area contributed by atoms with Gasteiger partial charge in [0.25, 0.3) is 0 Å². The molecule has 1 fully saturated rings. The zero-order valence-electron chi connectivity index (χ0n) is 14.2. The van der Waals surface area contributed by atoms with Crippen molar-refractivity contribution in [2.75, 3.05) is 5.32 Å². The molecular formula is C18H24BrClN4O. The maximum atomic E-state index is 12.3. The SMILES string of the molecule is CCc1c(NC(=O)C[C@@H]2CCC[C@H]2N)n[nH]c1-c1ccc(Br)cc1.Cl. The predicted molar refractivity (Wildman–Crippen MR) is 107 cm³/mol. The Bertz CT molecular complexity index is 716. The third kappa shape index (κ3) is 4.63. The van der Waals surface area contributed by atoms with E-state index in [4.69, 9.17) is 5.73 Å². The van der Waals surface area contributed by atoms with Gasteiger partial charge in [-0.3, -0.25) is 9.89 Å². The molecule has 0 saturated heterocycles. The third-order valence-corrected chi connectivity index (χ3v) is 5.31. The highest BCUT2D eigenvalue weighted by Gasteiger charge is 2.26. The van der Waals surface area contributed by atoms with Crippen LogP contribution in [0, 0.1) is 5.92 Å². The van der Waals surface area contributed by atoms with Crippen molar-refractivity contribution in [3.05, 3.63) is 34.3 Å². The van der Waals surface area contributed by atoms with E-state index in [0.29, 0.717) is 18.2 Å². The van der Waals surface area contributed by atoms with Crippen LogP contribution in [0.5, 0.6) is 0 Å². The topological polar surface area (TPSA) is 83.8 Å². The summed E-state index contributed by atoms with van der Waals surface area (Å²) in [5.74, 6) is 0.924. The number of carbonyl (C=O) groups excluding carboxylic acids is 1. The van der Waals surface area contributed by atoms with Crippen LogP contribution in [0.15, 0.2) is 28.7 Å². The number of nitrogens with zero attached hydrogens (tertiary/aromatic N) is 1. The molecule has 2 atom stereocenters. The van der Waals surface area contributed by atoms with Crippen molar-refractivity contribution < 1.29 is 4.79 Å². The number of anilines is 1. The molecule has 1 aliphatic carbocycles. The predicted octanol–water partition coefficient (Wildman–Crippen LogP) is 4.28.